The number of esters is 1. The van der Waals surface area contributed by atoms with Crippen LogP contribution in [-0.2, 0) is 25.5 Å². The van der Waals surface area contributed by atoms with Gasteiger partial charge in [-0.25, -0.2) is 0 Å². The summed E-state index contributed by atoms with van der Waals surface area (Å²) in [7, 11) is 0. The zero-order valence-corrected chi connectivity index (χ0v) is 14.6. The van der Waals surface area contributed by atoms with Crippen molar-refractivity contribution in [3.63, 3.8) is 0 Å². The van der Waals surface area contributed by atoms with Gasteiger partial charge >= 0.3 is 5.97 Å². The van der Waals surface area contributed by atoms with Crippen LogP contribution in [0.15, 0.2) is 41.6 Å². The van der Waals surface area contributed by atoms with E-state index in [4.69, 9.17) is 16.3 Å². The highest BCUT2D eigenvalue weighted by Crippen LogP contribution is 2.43. The van der Waals surface area contributed by atoms with Gasteiger partial charge < -0.3 is 4.74 Å². The second-order valence-electron chi connectivity index (χ2n) is 5.63. The molecule has 2 aliphatic rings. The zero-order chi connectivity index (χ0) is 17.3. The van der Waals surface area contributed by atoms with Crippen molar-refractivity contribution in [2.75, 3.05) is 12.4 Å². The number of Topliss-reactive ketones (excluding diaryl/α,β-unsaturated/α-hetero) is 1. The highest BCUT2D eigenvalue weighted by atomic mass is 35.5. The first-order valence-electron chi connectivity index (χ1n) is 7.50. The molecule has 1 saturated heterocycles. The Labute approximate surface area is 149 Å². The molecule has 0 N–H and O–H groups in total. The first kappa shape index (κ1) is 17.0. The molecule has 0 aliphatic carbocycles. The van der Waals surface area contributed by atoms with Gasteiger partial charge in [-0.05, 0) is 5.56 Å². The molecular formula is C17H16ClNO4S. The maximum atomic E-state index is 12.8. The molecule has 0 radical (unpaired) electrons. The normalized spacial score (nSPS) is 22.8. The number of carbonyl (C=O) groups excluding carboxylic acids is 3. The van der Waals surface area contributed by atoms with Crippen molar-refractivity contribution in [1.82, 2.24) is 4.90 Å². The minimum atomic E-state index is -0.607. The lowest BCUT2D eigenvalue weighted by atomic mass is 10.00. The Morgan fingerprint density at radius 2 is 2.04 bits per heavy atom. The number of halogens is 1. The predicted octanol–water partition coefficient (Wildman–Crippen LogP) is 2.14. The average molecular weight is 366 g/mol. The molecule has 0 saturated carbocycles. The van der Waals surface area contributed by atoms with E-state index in [1.54, 1.807) is 0 Å². The standard InChI is InChI=1S/C17H16ClNO4S/c1-10(20)23-8-12-9-24-17-14(18)16(22)19(17)15(12)13(21)7-11-5-3-2-4-6-11/h2-6,14,17H,7-9H2,1H3/t14-,17-/m0/s1. The number of alkyl halides is 1. The van der Waals surface area contributed by atoms with Crippen LogP contribution in [0.4, 0.5) is 0 Å². The maximum absolute atomic E-state index is 12.8. The second-order valence-corrected chi connectivity index (χ2v) is 7.20. The Morgan fingerprint density at radius 1 is 1.33 bits per heavy atom. The molecule has 0 unspecified atom stereocenters. The van der Waals surface area contributed by atoms with Gasteiger partial charge in [0, 0.05) is 24.7 Å². The molecule has 126 valence electrons. The fourth-order valence-corrected chi connectivity index (χ4v) is 4.42. The third-order valence-corrected chi connectivity index (χ3v) is 5.82. The van der Waals surface area contributed by atoms with Crippen LogP contribution < -0.4 is 0 Å². The van der Waals surface area contributed by atoms with Crippen molar-refractivity contribution in [2.45, 2.75) is 24.1 Å². The van der Waals surface area contributed by atoms with Crippen LogP contribution in [0.5, 0.6) is 0 Å². The summed E-state index contributed by atoms with van der Waals surface area (Å²) in [5, 5.41) is -0.834. The van der Waals surface area contributed by atoms with Crippen LogP contribution in [0.3, 0.4) is 0 Å². The Balaban J connectivity index is 1.88. The number of amides is 1. The molecular weight excluding hydrogens is 350 g/mol. The average Bonchev–Trinajstić information content (AvgIpc) is 2.59. The van der Waals surface area contributed by atoms with Crippen molar-refractivity contribution in [2.24, 2.45) is 0 Å². The van der Waals surface area contributed by atoms with E-state index in [-0.39, 0.29) is 30.1 Å². The van der Waals surface area contributed by atoms with E-state index in [1.807, 2.05) is 30.3 Å². The molecule has 1 fully saturated rings. The van der Waals surface area contributed by atoms with Crippen molar-refractivity contribution in [3.8, 4) is 0 Å². The third kappa shape index (κ3) is 3.21. The number of benzene rings is 1. The molecule has 1 aromatic rings. The Kier molecular flexibility index (Phi) is 4.96. The smallest absolute Gasteiger partial charge is 0.302 e. The largest absolute Gasteiger partial charge is 0.461 e. The molecule has 2 heterocycles. The van der Waals surface area contributed by atoms with Gasteiger partial charge in [0.2, 0.25) is 5.91 Å². The van der Waals surface area contributed by atoms with E-state index in [9.17, 15) is 14.4 Å². The van der Waals surface area contributed by atoms with Crippen molar-refractivity contribution < 1.29 is 19.1 Å². The van der Waals surface area contributed by atoms with Gasteiger partial charge in [0.15, 0.2) is 5.78 Å². The summed E-state index contributed by atoms with van der Waals surface area (Å²) in [6, 6.07) is 9.33. The summed E-state index contributed by atoms with van der Waals surface area (Å²) in [5.41, 5.74) is 1.86. The van der Waals surface area contributed by atoms with Crippen LogP contribution in [0.25, 0.3) is 0 Å². The minimum Gasteiger partial charge on any atom is -0.461 e. The summed E-state index contributed by atoms with van der Waals surface area (Å²) in [6.07, 6.45) is 0.188. The second kappa shape index (κ2) is 6.99. The third-order valence-electron chi connectivity index (χ3n) is 3.90. The monoisotopic (exact) mass is 365 g/mol. The highest BCUT2D eigenvalue weighted by Gasteiger charge is 2.52. The number of fused-ring (bicyclic) bond motifs is 1. The molecule has 1 amide bonds. The van der Waals surface area contributed by atoms with Gasteiger partial charge in [0.05, 0.1) is 5.70 Å². The van der Waals surface area contributed by atoms with Crippen LogP contribution >= 0.6 is 23.4 Å². The Hall–Kier alpha value is -1.79. The number of ether oxygens (including phenoxy) is 1. The summed E-state index contributed by atoms with van der Waals surface area (Å²) in [6.45, 7) is 1.33. The topological polar surface area (TPSA) is 63.7 Å². The van der Waals surface area contributed by atoms with E-state index in [0.717, 1.165) is 5.56 Å². The molecule has 2 atom stereocenters. The molecule has 7 heteroatoms. The van der Waals surface area contributed by atoms with Gasteiger partial charge in [0.1, 0.15) is 17.4 Å². The number of rotatable bonds is 5. The fourth-order valence-electron chi connectivity index (χ4n) is 2.75. The van der Waals surface area contributed by atoms with Crippen LogP contribution in [0, 0.1) is 0 Å². The molecule has 3 rings (SSSR count). The SMILES string of the molecule is CC(=O)OCC1=C(C(=O)Cc2ccccc2)N2C(=O)[C@H](Cl)[C@@H]2SC1. The fraction of sp³-hybridized carbons (Fsp3) is 0.353. The molecule has 5 nitrogen and oxygen atoms in total. The highest BCUT2D eigenvalue weighted by molar-refractivity contribution is 8.00. The molecule has 0 spiro atoms. The quantitative estimate of drug-likeness (QED) is 0.454. The Morgan fingerprint density at radius 3 is 2.71 bits per heavy atom. The number of ketones is 1. The number of hydrogen-bond acceptors (Lipinski definition) is 5. The summed E-state index contributed by atoms with van der Waals surface area (Å²) < 4.78 is 5.05. The first-order chi connectivity index (χ1) is 11.5. The van der Waals surface area contributed by atoms with Crippen LogP contribution in [0.1, 0.15) is 12.5 Å². The van der Waals surface area contributed by atoms with Gasteiger partial charge in [-0.15, -0.1) is 23.4 Å². The zero-order valence-electron chi connectivity index (χ0n) is 13.0. The number of thioether (sulfide) groups is 1. The lowest BCUT2D eigenvalue weighted by molar-refractivity contribution is -0.141. The summed E-state index contributed by atoms with van der Waals surface area (Å²) >= 11 is 7.53. The van der Waals surface area contributed by atoms with Gasteiger partial charge in [-0.2, -0.15) is 0 Å². The lowest BCUT2D eigenvalue weighted by Gasteiger charge is -2.47. The van der Waals surface area contributed by atoms with Crippen LogP contribution in [0.2, 0.25) is 0 Å². The Bertz CT molecular complexity index is 719. The van der Waals surface area contributed by atoms with Crippen molar-refractivity contribution in [1.29, 1.82) is 0 Å². The van der Waals surface area contributed by atoms with E-state index >= 15 is 0 Å². The maximum Gasteiger partial charge on any atom is 0.302 e. The van der Waals surface area contributed by atoms with Gasteiger partial charge in [-0.1, -0.05) is 30.3 Å². The van der Waals surface area contributed by atoms with Crippen molar-refractivity contribution >= 4 is 41.0 Å². The van der Waals surface area contributed by atoms with E-state index in [2.05, 4.69) is 0 Å². The summed E-state index contributed by atoms with van der Waals surface area (Å²) in [5.74, 6) is -0.341. The molecule has 2 aliphatic heterocycles. The lowest BCUT2D eigenvalue weighted by Crippen LogP contribution is -2.62. The number of allylic oxidation sites excluding steroid dienone is 1. The summed E-state index contributed by atoms with van der Waals surface area (Å²) in [4.78, 5) is 37.5. The van der Waals surface area contributed by atoms with Crippen molar-refractivity contribution in [3.05, 3.63) is 47.2 Å². The number of hydrogen-bond donors (Lipinski definition) is 0. The van der Waals surface area contributed by atoms with E-state index in [1.165, 1.54) is 23.6 Å². The van der Waals surface area contributed by atoms with Gasteiger partial charge in [-0.3, -0.25) is 19.3 Å². The first-order valence-corrected chi connectivity index (χ1v) is 8.99. The number of β-lactam (4-membered cyclic amide) rings is 1. The van der Waals surface area contributed by atoms with Crippen LogP contribution in [-0.4, -0.2) is 45.7 Å². The number of nitrogens with zero attached hydrogens (tertiary/aromatic N) is 1. The van der Waals surface area contributed by atoms with E-state index < -0.39 is 11.3 Å². The predicted molar refractivity (Wildman–Crippen MR) is 91.5 cm³/mol. The molecule has 0 bridgehead atoms. The molecule has 0 aromatic heterocycles. The minimum absolute atomic E-state index is 0.0155. The van der Waals surface area contributed by atoms with E-state index in [0.29, 0.717) is 17.0 Å². The number of carbonyl (C=O) groups is 3. The molecule has 24 heavy (non-hydrogen) atoms. The molecule has 1 aromatic carbocycles. The van der Waals surface area contributed by atoms with Gasteiger partial charge in [0.25, 0.3) is 0 Å².